The molecule has 0 saturated carbocycles. The van der Waals surface area contributed by atoms with Gasteiger partial charge in [-0.1, -0.05) is 20.8 Å². The van der Waals surface area contributed by atoms with Gasteiger partial charge in [-0.2, -0.15) is 0 Å². The molecule has 0 fully saturated rings. The summed E-state index contributed by atoms with van der Waals surface area (Å²) in [6.07, 6.45) is 0.705. The summed E-state index contributed by atoms with van der Waals surface area (Å²) < 4.78 is 5.02. The second-order valence-electron chi connectivity index (χ2n) is 3.50. The molecule has 0 bridgehead atoms. The zero-order valence-corrected chi connectivity index (χ0v) is 8.17. The molecule has 0 aliphatic heterocycles. The molecule has 0 aromatic rings. The normalized spacial score (nSPS) is 13.1. The Morgan fingerprint density at radius 3 is 2.42 bits per heavy atom. The van der Waals surface area contributed by atoms with Crippen molar-refractivity contribution in [3.8, 4) is 0 Å². The number of carbonyl (C=O) groups excluding carboxylic acids is 1. The summed E-state index contributed by atoms with van der Waals surface area (Å²) in [5.41, 5.74) is 5.32. The van der Waals surface area contributed by atoms with E-state index in [0.717, 1.165) is 0 Å². The Labute approximate surface area is 74.3 Å². The van der Waals surface area contributed by atoms with E-state index in [-0.39, 0.29) is 11.9 Å². The zero-order chi connectivity index (χ0) is 9.56. The maximum atomic E-state index is 11.2. The Balaban J connectivity index is 3.57. The largest absolute Gasteiger partial charge is 0.465 e. The summed E-state index contributed by atoms with van der Waals surface area (Å²) >= 11 is 0. The van der Waals surface area contributed by atoms with Crippen molar-refractivity contribution in [2.24, 2.45) is 17.6 Å². The average molecular weight is 173 g/mol. The Morgan fingerprint density at radius 2 is 2.00 bits per heavy atom. The molecule has 0 amide bonds. The highest BCUT2D eigenvalue weighted by Gasteiger charge is 2.13. The van der Waals surface area contributed by atoms with E-state index in [9.17, 15) is 4.79 Å². The molecule has 0 saturated heterocycles. The van der Waals surface area contributed by atoms with E-state index in [1.165, 1.54) is 0 Å². The summed E-state index contributed by atoms with van der Waals surface area (Å²) in [7, 11) is 0. The van der Waals surface area contributed by atoms with E-state index in [1.807, 2.05) is 20.8 Å². The van der Waals surface area contributed by atoms with Crippen LogP contribution in [0.15, 0.2) is 0 Å². The van der Waals surface area contributed by atoms with Crippen LogP contribution < -0.4 is 5.73 Å². The molecular weight excluding hydrogens is 154 g/mol. The van der Waals surface area contributed by atoms with Crippen molar-refractivity contribution >= 4 is 5.97 Å². The minimum absolute atomic E-state index is 0.0613. The molecule has 0 rings (SSSR count). The van der Waals surface area contributed by atoms with Gasteiger partial charge in [0.2, 0.25) is 0 Å². The summed E-state index contributed by atoms with van der Waals surface area (Å²) in [6.45, 7) is 6.92. The van der Waals surface area contributed by atoms with Gasteiger partial charge < -0.3 is 10.5 Å². The third-order valence-electron chi connectivity index (χ3n) is 1.56. The first-order chi connectivity index (χ1) is 5.57. The molecule has 3 nitrogen and oxygen atoms in total. The van der Waals surface area contributed by atoms with Crippen LogP contribution in [0.4, 0.5) is 0 Å². The van der Waals surface area contributed by atoms with Crippen LogP contribution in [0.5, 0.6) is 0 Å². The first kappa shape index (κ1) is 11.4. The van der Waals surface area contributed by atoms with Crippen LogP contribution >= 0.6 is 0 Å². The number of hydrogen-bond acceptors (Lipinski definition) is 3. The molecule has 0 radical (unpaired) electrons. The summed E-state index contributed by atoms with van der Waals surface area (Å²) in [5, 5.41) is 0. The molecule has 0 aromatic carbocycles. The lowest BCUT2D eigenvalue weighted by molar-refractivity contribution is -0.149. The van der Waals surface area contributed by atoms with Crippen molar-refractivity contribution in [2.75, 3.05) is 13.2 Å². The fraction of sp³-hybridized carbons (Fsp3) is 0.889. The van der Waals surface area contributed by atoms with E-state index in [0.29, 0.717) is 25.5 Å². The lowest BCUT2D eigenvalue weighted by Gasteiger charge is -2.11. The van der Waals surface area contributed by atoms with Gasteiger partial charge in [0.05, 0.1) is 12.5 Å². The van der Waals surface area contributed by atoms with Crippen molar-refractivity contribution < 1.29 is 9.53 Å². The molecule has 12 heavy (non-hydrogen) atoms. The van der Waals surface area contributed by atoms with Gasteiger partial charge in [-0.05, 0) is 18.9 Å². The number of esters is 1. The standard InChI is InChI=1S/C9H19NO2/c1-7(2)6-12-9(11)8(3)4-5-10/h7-8H,4-6,10H2,1-3H3. The molecule has 0 heterocycles. The Bertz CT molecular complexity index is 134. The monoisotopic (exact) mass is 173 g/mol. The van der Waals surface area contributed by atoms with Crippen molar-refractivity contribution in [1.29, 1.82) is 0 Å². The van der Waals surface area contributed by atoms with Gasteiger partial charge in [0.25, 0.3) is 0 Å². The molecule has 2 N–H and O–H groups in total. The van der Waals surface area contributed by atoms with Gasteiger partial charge in [0.1, 0.15) is 0 Å². The van der Waals surface area contributed by atoms with Gasteiger partial charge in [0, 0.05) is 0 Å². The number of nitrogens with two attached hydrogens (primary N) is 1. The van der Waals surface area contributed by atoms with Gasteiger partial charge in [-0.25, -0.2) is 0 Å². The zero-order valence-electron chi connectivity index (χ0n) is 8.17. The Kier molecular flexibility index (Phi) is 5.72. The van der Waals surface area contributed by atoms with Crippen molar-refractivity contribution in [2.45, 2.75) is 27.2 Å². The van der Waals surface area contributed by atoms with Gasteiger partial charge in [-0.15, -0.1) is 0 Å². The van der Waals surface area contributed by atoms with E-state index < -0.39 is 0 Å². The molecule has 0 aliphatic carbocycles. The lowest BCUT2D eigenvalue weighted by atomic mass is 10.1. The van der Waals surface area contributed by atoms with Crippen LogP contribution in [0.1, 0.15) is 27.2 Å². The van der Waals surface area contributed by atoms with E-state index in [2.05, 4.69) is 0 Å². The summed E-state index contributed by atoms with van der Waals surface area (Å²) in [5.74, 6) is 0.210. The van der Waals surface area contributed by atoms with E-state index >= 15 is 0 Å². The van der Waals surface area contributed by atoms with E-state index in [4.69, 9.17) is 10.5 Å². The Morgan fingerprint density at radius 1 is 1.42 bits per heavy atom. The minimum Gasteiger partial charge on any atom is -0.465 e. The Hall–Kier alpha value is -0.570. The predicted molar refractivity (Wildman–Crippen MR) is 48.6 cm³/mol. The van der Waals surface area contributed by atoms with Crippen molar-refractivity contribution in [3.05, 3.63) is 0 Å². The van der Waals surface area contributed by atoms with Crippen LogP contribution in [0.3, 0.4) is 0 Å². The third kappa shape index (κ3) is 5.13. The van der Waals surface area contributed by atoms with Crippen molar-refractivity contribution in [3.63, 3.8) is 0 Å². The number of rotatable bonds is 5. The van der Waals surface area contributed by atoms with Crippen LogP contribution in [0.2, 0.25) is 0 Å². The van der Waals surface area contributed by atoms with E-state index in [1.54, 1.807) is 0 Å². The number of hydrogen-bond donors (Lipinski definition) is 1. The molecule has 0 aliphatic rings. The van der Waals surface area contributed by atoms with Gasteiger partial charge in [0.15, 0.2) is 0 Å². The van der Waals surface area contributed by atoms with Crippen LogP contribution in [0, 0.1) is 11.8 Å². The molecule has 0 aromatic heterocycles. The average Bonchev–Trinajstić information content (AvgIpc) is 2.00. The number of carbonyl (C=O) groups is 1. The fourth-order valence-electron chi connectivity index (χ4n) is 0.759. The third-order valence-corrected chi connectivity index (χ3v) is 1.56. The molecule has 1 unspecified atom stereocenters. The van der Waals surface area contributed by atoms with Crippen LogP contribution in [0.25, 0.3) is 0 Å². The first-order valence-corrected chi connectivity index (χ1v) is 4.44. The highest BCUT2D eigenvalue weighted by Crippen LogP contribution is 2.04. The second-order valence-corrected chi connectivity index (χ2v) is 3.50. The molecule has 1 atom stereocenters. The van der Waals surface area contributed by atoms with Gasteiger partial charge >= 0.3 is 5.97 Å². The SMILES string of the molecule is CC(C)COC(=O)C(C)CCN. The molecule has 0 spiro atoms. The van der Waals surface area contributed by atoms with Crippen molar-refractivity contribution in [1.82, 2.24) is 0 Å². The van der Waals surface area contributed by atoms with Gasteiger partial charge in [-0.3, -0.25) is 4.79 Å². The fourth-order valence-corrected chi connectivity index (χ4v) is 0.759. The molecular formula is C9H19NO2. The highest BCUT2D eigenvalue weighted by molar-refractivity contribution is 5.71. The maximum Gasteiger partial charge on any atom is 0.308 e. The smallest absolute Gasteiger partial charge is 0.308 e. The predicted octanol–water partition coefficient (Wildman–Crippen LogP) is 1.17. The topological polar surface area (TPSA) is 52.3 Å². The lowest BCUT2D eigenvalue weighted by Crippen LogP contribution is -2.20. The minimum atomic E-state index is -0.130. The highest BCUT2D eigenvalue weighted by atomic mass is 16.5. The summed E-state index contributed by atoms with van der Waals surface area (Å²) in [6, 6.07) is 0. The quantitative estimate of drug-likeness (QED) is 0.635. The van der Waals surface area contributed by atoms with Crippen LogP contribution in [-0.2, 0) is 9.53 Å². The second kappa shape index (κ2) is 6.00. The summed E-state index contributed by atoms with van der Waals surface area (Å²) in [4.78, 5) is 11.2. The first-order valence-electron chi connectivity index (χ1n) is 4.44. The molecule has 3 heteroatoms. The molecule has 72 valence electrons. The number of ether oxygens (including phenoxy) is 1. The van der Waals surface area contributed by atoms with Crippen LogP contribution in [-0.4, -0.2) is 19.1 Å². The maximum absolute atomic E-state index is 11.2.